The standard InChI is InChI=1S/C16H33N3O/c1-14(2)17-16(3,13-20)6-7-18-8-10-19(11-9-18)12-15-4-5-15/h14-15,17,20H,4-13H2,1-3H3. The molecule has 2 fully saturated rings. The lowest BCUT2D eigenvalue weighted by molar-refractivity contribution is 0.101. The normalized spacial score (nSPS) is 25.1. The molecule has 20 heavy (non-hydrogen) atoms. The van der Waals surface area contributed by atoms with Gasteiger partial charge in [0.05, 0.1) is 6.61 Å². The Morgan fingerprint density at radius 2 is 1.75 bits per heavy atom. The summed E-state index contributed by atoms with van der Waals surface area (Å²) in [6.45, 7) is 13.9. The molecule has 0 aromatic carbocycles. The van der Waals surface area contributed by atoms with Crippen LogP contribution in [0.2, 0.25) is 0 Å². The van der Waals surface area contributed by atoms with E-state index in [0.717, 1.165) is 18.9 Å². The Kier molecular flexibility index (Phi) is 5.84. The molecule has 0 radical (unpaired) electrons. The quantitative estimate of drug-likeness (QED) is 0.701. The van der Waals surface area contributed by atoms with E-state index in [0.29, 0.717) is 6.04 Å². The molecular weight excluding hydrogens is 250 g/mol. The highest BCUT2D eigenvalue weighted by atomic mass is 16.3. The minimum Gasteiger partial charge on any atom is -0.394 e. The molecule has 4 nitrogen and oxygen atoms in total. The van der Waals surface area contributed by atoms with Crippen molar-refractivity contribution in [3.63, 3.8) is 0 Å². The van der Waals surface area contributed by atoms with Crippen LogP contribution in [-0.4, -0.2) is 72.4 Å². The smallest absolute Gasteiger partial charge is 0.0611 e. The van der Waals surface area contributed by atoms with Crippen LogP contribution in [0.25, 0.3) is 0 Å². The molecule has 1 unspecified atom stereocenters. The first kappa shape index (κ1) is 16.2. The molecular formula is C16H33N3O. The highest BCUT2D eigenvalue weighted by molar-refractivity contribution is 4.86. The molecule has 2 rings (SSSR count). The number of nitrogens with one attached hydrogen (secondary N) is 1. The van der Waals surface area contributed by atoms with Gasteiger partial charge in [0.2, 0.25) is 0 Å². The van der Waals surface area contributed by atoms with Crippen molar-refractivity contribution in [3.05, 3.63) is 0 Å². The predicted octanol–water partition coefficient (Wildman–Crippen LogP) is 1.15. The van der Waals surface area contributed by atoms with Gasteiger partial charge in [-0.2, -0.15) is 0 Å². The monoisotopic (exact) mass is 283 g/mol. The summed E-state index contributed by atoms with van der Waals surface area (Å²) >= 11 is 0. The van der Waals surface area contributed by atoms with Gasteiger partial charge in [-0.15, -0.1) is 0 Å². The molecule has 4 heteroatoms. The highest BCUT2D eigenvalue weighted by Gasteiger charge is 2.28. The maximum atomic E-state index is 9.62. The van der Waals surface area contributed by atoms with Crippen LogP contribution in [0.15, 0.2) is 0 Å². The Morgan fingerprint density at radius 1 is 1.15 bits per heavy atom. The molecule has 118 valence electrons. The maximum Gasteiger partial charge on any atom is 0.0611 e. The van der Waals surface area contributed by atoms with Crippen LogP contribution in [0, 0.1) is 5.92 Å². The van der Waals surface area contributed by atoms with Crippen molar-refractivity contribution >= 4 is 0 Å². The van der Waals surface area contributed by atoms with Crippen molar-refractivity contribution in [2.45, 2.75) is 51.6 Å². The molecule has 0 spiro atoms. The van der Waals surface area contributed by atoms with E-state index in [4.69, 9.17) is 0 Å². The van der Waals surface area contributed by atoms with Crippen LogP contribution < -0.4 is 5.32 Å². The van der Waals surface area contributed by atoms with Crippen LogP contribution >= 0.6 is 0 Å². The Labute approximate surface area is 124 Å². The first-order valence-corrected chi connectivity index (χ1v) is 8.34. The minimum absolute atomic E-state index is 0.140. The molecule has 0 aromatic rings. The van der Waals surface area contributed by atoms with Gasteiger partial charge in [-0.05, 0) is 32.1 Å². The zero-order valence-electron chi connectivity index (χ0n) is 13.6. The molecule has 0 amide bonds. The van der Waals surface area contributed by atoms with E-state index in [-0.39, 0.29) is 12.1 Å². The molecule has 0 bridgehead atoms. The first-order chi connectivity index (χ1) is 9.50. The van der Waals surface area contributed by atoms with Crippen molar-refractivity contribution < 1.29 is 5.11 Å². The average Bonchev–Trinajstić information content (AvgIpc) is 3.21. The summed E-state index contributed by atoms with van der Waals surface area (Å²) in [6, 6.07) is 0.419. The molecule has 1 aliphatic heterocycles. The van der Waals surface area contributed by atoms with Crippen LogP contribution in [0.1, 0.15) is 40.0 Å². The molecule has 1 atom stereocenters. The second kappa shape index (κ2) is 7.21. The van der Waals surface area contributed by atoms with E-state index in [2.05, 4.69) is 35.9 Å². The Balaban J connectivity index is 1.66. The summed E-state index contributed by atoms with van der Waals surface area (Å²) in [5.41, 5.74) is -0.140. The van der Waals surface area contributed by atoms with E-state index in [1.165, 1.54) is 45.6 Å². The Morgan fingerprint density at radius 3 is 2.25 bits per heavy atom. The second-order valence-electron chi connectivity index (χ2n) is 7.35. The first-order valence-electron chi connectivity index (χ1n) is 8.34. The van der Waals surface area contributed by atoms with Gasteiger partial charge < -0.3 is 20.2 Å². The van der Waals surface area contributed by atoms with Crippen molar-refractivity contribution in [2.75, 3.05) is 45.9 Å². The molecule has 1 heterocycles. The third-order valence-electron chi connectivity index (χ3n) is 4.64. The Hall–Kier alpha value is -0.160. The third-order valence-corrected chi connectivity index (χ3v) is 4.64. The van der Waals surface area contributed by atoms with Crippen molar-refractivity contribution in [3.8, 4) is 0 Å². The van der Waals surface area contributed by atoms with Crippen LogP contribution in [0.5, 0.6) is 0 Å². The zero-order valence-corrected chi connectivity index (χ0v) is 13.6. The number of aliphatic hydroxyl groups is 1. The van der Waals surface area contributed by atoms with Crippen molar-refractivity contribution in [2.24, 2.45) is 5.92 Å². The summed E-state index contributed by atoms with van der Waals surface area (Å²) in [7, 11) is 0. The number of rotatable bonds is 8. The third kappa shape index (κ3) is 5.32. The van der Waals surface area contributed by atoms with Crippen molar-refractivity contribution in [1.29, 1.82) is 0 Å². The number of nitrogens with zero attached hydrogens (tertiary/aromatic N) is 2. The van der Waals surface area contributed by atoms with Gasteiger partial charge in [0.25, 0.3) is 0 Å². The van der Waals surface area contributed by atoms with E-state index in [1.54, 1.807) is 0 Å². The molecule has 1 saturated carbocycles. The highest BCUT2D eigenvalue weighted by Crippen LogP contribution is 2.29. The fourth-order valence-corrected chi connectivity index (χ4v) is 3.16. The predicted molar refractivity (Wildman–Crippen MR) is 84.0 cm³/mol. The second-order valence-corrected chi connectivity index (χ2v) is 7.35. The van der Waals surface area contributed by atoms with E-state index in [9.17, 15) is 5.11 Å². The lowest BCUT2D eigenvalue weighted by Gasteiger charge is -2.38. The zero-order chi connectivity index (χ0) is 14.6. The molecule has 0 aromatic heterocycles. The molecule has 2 N–H and O–H groups in total. The van der Waals surface area contributed by atoms with Gasteiger partial charge in [0, 0.05) is 50.8 Å². The fourth-order valence-electron chi connectivity index (χ4n) is 3.16. The van der Waals surface area contributed by atoms with Gasteiger partial charge in [0.15, 0.2) is 0 Å². The maximum absolute atomic E-state index is 9.62. The summed E-state index contributed by atoms with van der Waals surface area (Å²) in [5.74, 6) is 1.01. The molecule has 2 aliphatic rings. The topological polar surface area (TPSA) is 38.7 Å². The summed E-state index contributed by atoms with van der Waals surface area (Å²) in [4.78, 5) is 5.19. The summed E-state index contributed by atoms with van der Waals surface area (Å²) < 4.78 is 0. The van der Waals surface area contributed by atoms with Crippen LogP contribution in [0.3, 0.4) is 0 Å². The SMILES string of the molecule is CC(C)NC(C)(CO)CCN1CCN(CC2CC2)CC1. The van der Waals surface area contributed by atoms with E-state index >= 15 is 0 Å². The van der Waals surface area contributed by atoms with Gasteiger partial charge in [-0.25, -0.2) is 0 Å². The van der Waals surface area contributed by atoms with Gasteiger partial charge in [-0.1, -0.05) is 13.8 Å². The number of hydrogen-bond donors (Lipinski definition) is 2. The minimum atomic E-state index is -0.140. The summed E-state index contributed by atoms with van der Waals surface area (Å²) in [5, 5.41) is 13.1. The van der Waals surface area contributed by atoms with Crippen LogP contribution in [0.4, 0.5) is 0 Å². The summed E-state index contributed by atoms with van der Waals surface area (Å²) in [6.07, 6.45) is 3.93. The Bertz CT molecular complexity index is 285. The van der Waals surface area contributed by atoms with Crippen LogP contribution in [-0.2, 0) is 0 Å². The molecule has 1 aliphatic carbocycles. The van der Waals surface area contributed by atoms with E-state index < -0.39 is 0 Å². The van der Waals surface area contributed by atoms with Gasteiger partial charge in [0.1, 0.15) is 0 Å². The largest absolute Gasteiger partial charge is 0.394 e. The lowest BCUT2D eigenvalue weighted by Crippen LogP contribution is -2.53. The lowest BCUT2D eigenvalue weighted by atomic mass is 9.97. The van der Waals surface area contributed by atoms with Gasteiger partial charge >= 0.3 is 0 Å². The fraction of sp³-hybridized carbons (Fsp3) is 1.00. The van der Waals surface area contributed by atoms with Crippen molar-refractivity contribution in [1.82, 2.24) is 15.1 Å². The number of aliphatic hydroxyl groups excluding tert-OH is 1. The van der Waals surface area contributed by atoms with Gasteiger partial charge in [-0.3, -0.25) is 0 Å². The number of hydrogen-bond acceptors (Lipinski definition) is 4. The molecule has 1 saturated heterocycles. The van der Waals surface area contributed by atoms with E-state index in [1.807, 2.05) is 0 Å². The number of piperazine rings is 1. The average molecular weight is 283 g/mol.